The molecule has 0 bridgehead atoms. The predicted molar refractivity (Wildman–Crippen MR) is 137 cm³/mol. The number of ketones is 2. The summed E-state index contributed by atoms with van der Waals surface area (Å²) in [6, 6.07) is 0. The topological polar surface area (TPSA) is 78.9 Å². The Kier molecular flexibility index (Phi) is 12.7. The molecule has 0 saturated carbocycles. The van der Waals surface area contributed by atoms with Gasteiger partial charge in [-0.05, 0) is 60.8 Å². The highest BCUT2D eigenvalue weighted by Gasteiger charge is 2.51. The third-order valence-electron chi connectivity index (χ3n) is 7.16. The zero-order chi connectivity index (χ0) is 27.0. The summed E-state index contributed by atoms with van der Waals surface area (Å²) in [5, 5.41) is 0. The van der Waals surface area contributed by atoms with Crippen molar-refractivity contribution in [1.82, 2.24) is 0 Å². The molecule has 200 valence electrons. The Hall–Kier alpha value is -1.27. The highest BCUT2D eigenvalue weighted by Crippen LogP contribution is 2.43. The summed E-state index contributed by atoms with van der Waals surface area (Å²) in [5.74, 6) is -0.277. The third kappa shape index (κ3) is 9.41. The second-order valence-electron chi connectivity index (χ2n) is 11.7. The summed E-state index contributed by atoms with van der Waals surface area (Å²) in [6.07, 6.45) is 2.37. The lowest BCUT2D eigenvalue weighted by Gasteiger charge is -2.46. The van der Waals surface area contributed by atoms with E-state index in [1.54, 1.807) is 0 Å². The second kappa shape index (κ2) is 13.2. The first-order valence-corrected chi connectivity index (χ1v) is 13.0. The largest absolute Gasteiger partial charge is 0.460 e. The highest BCUT2D eigenvalue weighted by molar-refractivity contribution is 5.89. The molecule has 0 N–H and O–H groups in total. The van der Waals surface area contributed by atoms with Crippen LogP contribution < -0.4 is 0 Å². The van der Waals surface area contributed by atoms with Crippen molar-refractivity contribution in [2.24, 2.45) is 10.8 Å². The minimum absolute atomic E-state index is 0.0172. The van der Waals surface area contributed by atoms with E-state index in [0.717, 1.165) is 6.42 Å². The maximum atomic E-state index is 13.5. The van der Waals surface area contributed by atoms with Crippen molar-refractivity contribution in [2.45, 2.75) is 145 Å². The van der Waals surface area contributed by atoms with Crippen LogP contribution in [0.3, 0.4) is 0 Å². The van der Waals surface area contributed by atoms with Crippen LogP contribution in [0.25, 0.3) is 0 Å². The number of carbonyl (C=O) groups is 3. The van der Waals surface area contributed by atoms with E-state index in [1.807, 2.05) is 83.1 Å². The number of hydrogen-bond acceptors (Lipinski definition) is 6. The van der Waals surface area contributed by atoms with Gasteiger partial charge in [-0.25, -0.2) is 0 Å². The Bertz CT molecular complexity index is 667. The van der Waals surface area contributed by atoms with E-state index < -0.39 is 28.1 Å². The van der Waals surface area contributed by atoms with E-state index in [0.29, 0.717) is 25.9 Å². The van der Waals surface area contributed by atoms with Crippen LogP contribution in [0.15, 0.2) is 0 Å². The van der Waals surface area contributed by atoms with Gasteiger partial charge in [-0.2, -0.15) is 0 Å². The summed E-state index contributed by atoms with van der Waals surface area (Å²) in [5.41, 5.74) is -2.61. The van der Waals surface area contributed by atoms with Gasteiger partial charge < -0.3 is 14.2 Å². The Morgan fingerprint density at radius 1 is 0.824 bits per heavy atom. The highest BCUT2D eigenvalue weighted by atomic mass is 16.6. The van der Waals surface area contributed by atoms with Crippen molar-refractivity contribution in [2.75, 3.05) is 6.61 Å². The molecule has 0 aromatic carbocycles. The van der Waals surface area contributed by atoms with Gasteiger partial charge in [-0.1, -0.05) is 41.5 Å². The van der Waals surface area contributed by atoms with Gasteiger partial charge in [0.2, 0.25) is 0 Å². The van der Waals surface area contributed by atoms with Gasteiger partial charge in [0.15, 0.2) is 5.78 Å². The number of esters is 1. The zero-order valence-electron chi connectivity index (χ0n) is 24.1. The molecule has 6 nitrogen and oxygen atoms in total. The molecule has 0 aromatic rings. The van der Waals surface area contributed by atoms with Crippen LogP contribution in [-0.4, -0.2) is 47.6 Å². The van der Waals surface area contributed by atoms with Gasteiger partial charge >= 0.3 is 5.97 Å². The molecule has 34 heavy (non-hydrogen) atoms. The van der Waals surface area contributed by atoms with Gasteiger partial charge in [0.25, 0.3) is 0 Å². The second-order valence-corrected chi connectivity index (χ2v) is 11.7. The van der Waals surface area contributed by atoms with Gasteiger partial charge in [0.1, 0.15) is 17.5 Å². The van der Waals surface area contributed by atoms with E-state index in [9.17, 15) is 14.4 Å². The molecule has 0 fully saturated rings. The first-order valence-electron chi connectivity index (χ1n) is 13.0. The van der Waals surface area contributed by atoms with Crippen molar-refractivity contribution in [3.05, 3.63) is 0 Å². The Morgan fingerprint density at radius 2 is 1.35 bits per heavy atom. The van der Waals surface area contributed by atoms with Crippen LogP contribution in [0.4, 0.5) is 0 Å². The molecule has 0 heterocycles. The molecule has 0 aliphatic heterocycles. The summed E-state index contributed by atoms with van der Waals surface area (Å²) in [7, 11) is 0. The Morgan fingerprint density at radius 3 is 1.79 bits per heavy atom. The first-order chi connectivity index (χ1) is 15.4. The molecule has 0 radical (unpaired) electrons. The first kappa shape index (κ1) is 32.7. The zero-order valence-corrected chi connectivity index (χ0v) is 24.1. The van der Waals surface area contributed by atoms with Crippen LogP contribution in [0.5, 0.6) is 0 Å². The summed E-state index contributed by atoms with van der Waals surface area (Å²) >= 11 is 0. The minimum Gasteiger partial charge on any atom is -0.460 e. The summed E-state index contributed by atoms with van der Waals surface area (Å²) in [4.78, 5) is 37.9. The van der Waals surface area contributed by atoms with Gasteiger partial charge in [-0.15, -0.1) is 0 Å². The fourth-order valence-corrected chi connectivity index (χ4v) is 4.33. The predicted octanol–water partition coefficient (Wildman–Crippen LogP) is 6.47. The van der Waals surface area contributed by atoms with Gasteiger partial charge in [-0.3, -0.25) is 14.4 Å². The SMILES string of the molecule is CCC(C)OC(C)C(=O)C(CC)(CC)C(C)(C)OCCC(C)(C)OC(=O)CCC(=O)C(C)(C)C. The fraction of sp³-hybridized carbons (Fsp3) is 0.893. The molecule has 0 saturated heterocycles. The molecule has 0 amide bonds. The summed E-state index contributed by atoms with van der Waals surface area (Å²) in [6.45, 7) is 23.4. The van der Waals surface area contributed by atoms with Crippen molar-refractivity contribution in [3.8, 4) is 0 Å². The van der Waals surface area contributed by atoms with Crippen molar-refractivity contribution in [3.63, 3.8) is 0 Å². The van der Waals surface area contributed by atoms with Crippen molar-refractivity contribution < 1.29 is 28.6 Å². The molecule has 0 aliphatic carbocycles. The molecule has 2 atom stereocenters. The molecule has 0 aliphatic rings. The van der Waals surface area contributed by atoms with Crippen molar-refractivity contribution in [1.29, 1.82) is 0 Å². The van der Waals surface area contributed by atoms with Gasteiger partial charge in [0, 0.05) is 18.3 Å². The molecule has 0 rings (SSSR count). The van der Waals surface area contributed by atoms with Gasteiger partial charge in [0.05, 0.1) is 30.1 Å². The van der Waals surface area contributed by atoms with E-state index >= 15 is 0 Å². The van der Waals surface area contributed by atoms with Crippen LogP contribution in [0.2, 0.25) is 0 Å². The van der Waals surface area contributed by atoms with Crippen molar-refractivity contribution >= 4 is 17.5 Å². The quantitative estimate of drug-likeness (QED) is 0.234. The molecule has 2 unspecified atom stereocenters. The molecular weight excluding hydrogens is 432 g/mol. The van der Waals surface area contributed by atoms with E-state index in [2.05, 4.69) is 0 Å². The maximum absolute atomic E-state index is 13.5. The van der Waals surface area contributed by atoms with Crippen LogP contribution in [0.1, 0.15) is 122 Å². The monoisotopic (exact) mass is 484 g/mol. The Labute approximate surface area is 208 Å². The number of hydrogen-bond donors (Lipinski definition) is 0. The minimum atomic E-state index is -0.740. The van der Waals surface area contributed by atoms with E-state index in [-0.39, 0.29) is 36.5 Å². The van der Waals surface area contributed by atoms with E-state index in [1.165, 1.54) is 0 Å². The standard InChI is InChI=1S/C28H52O6/c1-13-20(4)33-21(5)24(31)28(14-2,15-3)27(11,12)32-19-18-26(9,10)34-23(30)17-16-22(29)25(6,7)8/h20-21H,13-19H2,1-12H3. The molecule has 6 heteroatoms. The lowest BCUT2D eigenvalue weighted by Crippen LogP contribution is -2.54. The molecule has 0 spiro atoms. The number of ether oxygens (including phenoxy) is 3. The van der Waals surface area contributed by atoms with Crippen LogP contribution in [0, 0.1) is 10.8 Å². The van der Waals surface area contributed by atoms with Crippen LogP contribution in [-0.2, 0) is 28.6 Å². The normalized spacial score (nSPS) is 15.1. The molecule has 0 aromatic heterocycles. The average Bonchev–Trinajstić information content (AvgIpc) is 2.71. The lowest BCUT2D eigenvalue weighted by atomic mass is 9.65. The Balaban J connectivity index is 5.12. The van der Waals surface area contributed by atoms with Crippen LogP contribution >= 0.6 is 0 Å². The fourth-order valence-electron chi connectivity index (χ4n) is 4.33. The lowest BCUT2D eigenvalue weighted by molar-refractivity contribution is -0.173. The maximum Gasteiger partial charge on any atom is 0.306 e. The summed E-state index contributed by atoms with van der Waals surface area (Å²) < 4.78 is 17.9. The number of carbonyl (C=O) groups excluding carboxylic acids is 3. The molecular formula is C28H52O6. The van der Waals surface area contributed by atoms with E-state index in [4.69, 9.17) is 14.2 Å². The number of rotatable bonds is 16. The third-order valence-corrected chi connectivity index (χ3v) is 7.16. The average molecular weight is 485 g/mol. The smallest absolute Gasteiger partial charge is 0.306 e. The number of Topliss-reactive ketones (excluding diaryl/α,β-unsaturated/α-hetero) is 2.